The minimum absolute atomic E-state index is 0.501. The van der Waals surface area contributed by atoms with Crippen LogP contribution in [0.25, 0.3) is 0 Å². The fourth-order valence-electron chi connectivity index (χ4n) is 1.86. The highest BCUT2D eigenvalue weighted by atomic mass is 15.1. The van der Waals surface area contributed by atoms with Gasteiger partial charge in [-0.3, -0.25) is 0 Å². The van der Waals surface area contributed by atoms with Gasteiger partial charge in [-0.05, 0) is 31.3 Å². The molecule has 108 valence electrons. The lowest BCUT2D eigenvalue weighted by Crippen LogP contribution is -2.32. The van der Waals surface area contributed by atoms with Crippen molar-refractivity contribution in [3.8, 4) is 0 Å². The van der Waals surface area contributed by atoms with Gasteiger partial charge in [-0.1, -0.05) is 64.7 Å². The topological polar surface area (TPSA) is 3.24 Å². The quantitative estimate of drug-likeness (QED) is 0.507. The standard InChI is InChI=1S/C18H31N/c1-8-10-12-14-18(13-11-9-2)17(6)19(7)16(5)15(3)4/h8,10,12,14-16H,1,6,9,11,13H2,2-5,7H3/b12-10-,18-14+. The van der Waals surface area contributed by atoms with Crippen LogP contribution in [0.1, 0.15) is 47.0 Å². The van der Waals surface area contributed by atoms with E-state index < -0.39 is 0 Å². The summed E-state index contributed by atoms with van der Waals surface area (Å²) in [6, 6.07) is 0.501. The zero-order valence-corrected chi connectivity index (χ0v) is 13.4. The monoisotopic (exact) mass is 261 g/mol. The van der Waals surface area contributed by atoms with Gasteiger partial charge in [-0.2, -0.15) is 0 Å². The molecule has 0 N–H and O–H groups in total. The normalized spacial score (nSPS) is 13.9. The lowest BCUT2D eigenvalue weighted by atomic mass is 10.0. The molecule has 1 atom stereocenters. The Kier molecular flexibility index (Phi) is 9.03. The summed E-state index contributed by atoms with van der Waals surface area (Å²) in [5.41, 5.74) is 2.47. The van der Waals surface area contributed by atoms with Crippen LogP contribution in [0, 0.1) is 5.92 Å². The summed E-state index contributed by atoms with van der Waals surface area (Å²) in [6.45, 7) is 17.0. The van der Waals surface area contributed by atoms with E-state index in [1.165, 1.54) is 18.4 Å². The number of unbranched alkanes of at least 4 members (excludes halogenated alkanes) is 1. The molecule has 1 nitrogen and oxygen atoms in total. The maximum atomic E-state index is 4.29. The molecule has 0 radical (unpaired) electrons. The zero-order chi connectivity index (χ0) is 14.8. The van der Waals surface area contributed by atoms with Gasteiger partial charge in [0.15, 0.2) is 0 Å². The molecule has 0 aliphatic rings. The van der Waals surface area contributed by atoms with Gasteiger partial charge in [0.05, 0.1) is 0 Å². The number of likely N-dealkylation sites (N-methyl/N-ethyl adjacent to an activating group) is 1. The summed E-state index contributed by atoms with van der Waals surface area (Å²) in [5.74, 6) is 0.623. The summed E-state index contributed by atoms with van der Waals surface area (Å²) >= 11 is 0. The van der Waals surface area contributed by atoms with Crippen molar-refractivity contribution >= 4 is 0 Å². The molecule has 0 bridgehead atoms. The first-order valence-corrected chi connectivity index (χ1v) is 7.36. The Labute approximate surface area is 120 Å². The van der Waals surface area contributed by atoms with E-state index in [2.05, 4.69) is 65.0 Å². The molecule has 0 amide bonds. The molecular weight excluding hydrogens is 230 g/mol. The number of hydrogen-bond donors (Lipinski definition) is 0. The van der Waals surface area contributed by atoms with Crippen LogP contribution < -0.4 is 0 Å². The summed E-state index contributed by atoms with van der Waals surface area (Å²) < 4.78 is 0. The predicted octanol–water partition coefficient (Wildman–Crippen LogP) is 5.34. The molecule has 0 aliphatic heterocycles. The second-order valence-corrected chi connectivity index (χ2v) is 5.46. The van der Waals surface area contributed by atoms with Crippen LogP contribution in [0.15, 0.2) is 48.7 Å². The van der Waals surface area contributed by atoms with Crippen molar-refractivity contribution < 1.29 is 0 Å². The van der Waals surface area contributed by atoms with Crippen LogP contribution in [-0.2, 0) is 0 Å². The minimum Gasteiger partial charge on any atom is -0.372 e. The van der Waals surface area contributed by atoms with Gasteiger partial charge < -0.3 is 4.90 Å². The van der Waals surface area contributed by atoms with E-state index in [1.807, 2.05) is 6.08 Å². The maximum Gasteiger partial charge on any atom is 0.0325 e. The van der Waals surface area contributed by atoms with E-state index in [4.69, 9.17) is 0 Å². The molecule has 1 unspecified atom stereocenters. The summed E-state index contributed by atoms with van der Waals surface area (Å²) in [5, 5.41) is 0. The average molecular weight is 261 g/mol. The smallest absolute Gasteiger partial charge is 0.0325 e. The van der Waals surface area contributed by atoms with E-state index in [9.17, 15) is 0 Å². The molecule has 0 heterocycles. The van der Waals surface area contributed by atoms with Crippen molar-refractivity contribution in [3.63, 3.8) is 0 Å². The number of allylic oxidation sites excluding steroid dienone is 5. The van der Waals surface area contributed by atoms with Crippen molar-refractivity contribution in [1.29, 1.82) is 0 Å². The Morgan fingerprint density at radius 2 is 1.84 bits per heavy atom. The van der Waals surface area contributed by atoms with Crippen LogP contribution in [0.4, 0.5) is 0 Å². The molecule has 1 heteroatoms. The Morgan fingerprint density at radius 1 is 1.21 bits per heavy atom. The molecule has 0 rings (SSSR count). The lowest BCUT2D eigenvalue weighted by molar-refractivity contribution is 0.262. The van der Waals surface area contributed by atoms with Crippen molar-refractivity contribution in [1.82, 2.24) is 4.90 Å². The highest BCUT2D eigenvalue weighted by Crippen LogP contribution is 2.22. The van der Waals surface area contributed by atoms with E-state index >= 15 is 0 Å². The van der Waals surface area contributed by atoms with Gasteiger partial charge in [0.2, 0.25) is 0 Å². The fourth-order valence-corrected chi connectivity index (χ4v) is 1.86. The third-order valence-electron chi connectivity index (χ3n) is 3.72. The molecule has 0 aromatic carbocycles. The molecule has 0 saturated heterocycles. The molecular formula is C18H31N. The Hall–Kier alpha value is -1.24. The summed E-state index contributed by atoms with van der Waals surface area (Å²) in [4.78, 5) is 2.30. The lowest BCUT2D eigenvalue weighted by Gasteiger charge is -2.32. The average Bonchev–Trinajstić information content (AvgIpc) is 2.40. The van der Waals surface area contributed by atoms with Crippen LogP contribution in [-0.4, -0.2) is 18.0 Å². The van der Waals surface area contributed by atoms with Crippen molar-refractivity contribution in [3.05, 3.63) is 48.7 Å². The van der Waals surface area contributed by atoms with Crippen molar-refractivity contribution in [2.24, 2.45) is 5.92 Å². The predicted molar refractivity (Wildman–Crippen MR) is 88.1 cm³/mol. The molecule has 0 aromatic rings. The van der Waals surface area contributed by atoms with Gasteiger partial charge in [-0.25, -0.2) is 0 Å². The highest BCUT2D eigenvalue weighted by molar-refractivity contribution is 5.31. The van der Waals surface area contributed by atoms with E-state index in [1.54, 1.807) is 6.08 Å². The summed E-state index contributed by atoms with van der Waals surface area (Å²) in [6.07, 6.45) is 11.5. The molecule has 19 heavy (non-hydrogen) atoms. The van der Waals surface area contributed by atoms with E-state index in [0.29, 0.717) is 12.0 Å². The van der Waals surface area contributed by atoms with Crippen molar-refractivity contribution in [2.75, 3.05) is 7.05 Å². The Bertz CT molecular complexity index is 334. The number of rotatable bonds is 9. The maximum absolute atomic E-state index is 4.29. The van der Waals surface area contributed by atoms with Crippen LogP contribution >= 0.6 is 0 Å². The minimum atomic E-state index is 0.501. The van der Waals surface area contributed by atoms with E-state index in [0.717, 1.165) is 12.1 Å². The van der Waals surface area contributed by atoms with Gasteiger partial charge in [-0.15, -0.1) is 0 Å². The highest BCUT2D eigenvalue weighted by Gasteiger charge is 2.16. The van der Waals surface area contributed by atoms with Crippen LogP contribution in [0.2, 0.25) is 0 Å². The Morgan fingerprint density at radius 3 is 2.32 bits per heavy atom. The molecule has 0 aliphatic carbocycles. The third-order valence-corrected chi connectivity index (χ3v) is 3.72. The molecule has 0 saturated carbocycles. The molecule has 0 aromatic heterocycles. The summed E-state index contributed by atoms with van der Waals surface area (Å²) in [7, 11) is 2.14. The Balaban J connectivity index is 4.93. The van der Waals surface area contributed by atoms with E-state index in [-0.39, 0.29) is 0 Å². The molecule has 0 fully saturated rings. The number of nitrogens with zero attached hydrogens (tertiary/aromatic N) is 1. The first-order valence-electron chi connectivity index (χ1n) is 7.36. The fraction of sp³-hybridized carbons (Fsp3) is 0.556. The third kappa shape index (κ3) is 6.47. The van der Waals surface area contributed by atoms with Gasteiger partial charge in [0.25, 0.3) is 0 Å². The number of hydrogen-bond acceptors (Lipinski definition) is 1. The SMILES string of the molecule is C=C/C=C\C=C(/CCCC)C(=C)N(C)C(C)C(C)C. The second kappa shape index (κ2) is 9.66. The second-order valence-electron chi connectivity index (χ2n) is 5.46. The largest absolute Gasteiger partial charge is 0.372 e. The van der Waals surface area contributed by atoms with Gasteiger partial charge in [0, 0.05) is 18.8 Å². The first kappa shape index (κ1) is 17.8. The van der Waals surface area contributed by atoms with Gasteiger partial charge >= 0.3 is 0 Å². The van der Waals surface area contributed by atoms with Crippen LogP contribution in [0.3, 0.4) is 0 Å². The first-order chi connectivity index (χ1) is 8.95. The van der Waals surface area contributed by atoms with Crippen LogP contribution in [0.5, 0.6) is 0 Å². The van der Waals surface area contributed by atoms with Crippen molar-refractivity contribution in [2.45, 2.75) is 53.0 Å². The van der Waals surface area contributed by atoms with Gasteiger partial charge in [0.1, 0.15) is 0 Å². The molecule has 0 spiro atoms. The zero-order valence-electron chi connectivity index (χ0n) is 13.4.